The highest BCUT2D eigenvalue weighted by molar-refractivity contribution is 5.46. The van der Waals surface area contributed by atoms with Gasteiger partial charge in [0.05, 0.1) is 7.11 Å². The molecule has 3 nitrogen and oxygen atoms in total. The maximum Gasteiger partial charge on any atom is 0.119 e. The summed E-state index contributed by atoms with van der Waals surface area (Å²) in [5.41, 5.74) is 6.74. The SMILES string of the molecule is COc1ccc(NCC2CC2CN)cc1. The first-order chi connectivity index (χ1) is 7.33. The minimum absolute atomic E-state index is 0.746. The van der Waals surface area contributed by atoms with Crippen LogP contribution < -0.4 is 15.8 Å². The van der Waals surface area contributed by atoms with Gasteiger partial charge in [0.15, 0.2) is 0 Å². The zero-order valence-corrected chi connectivity index (χ0v) is 9.07. The molecule has 0 saturated heterocycles. The number of ether oxygens (including phenoxy) is 1. The van der Waals surface area contributed by atoms with Gasteiger partial charge in [-0.3, -0.25) is 0 Å². The Morgan fingerprint density at radius 1 is 1.33 bits per heavy atom. The fraction of sp³-hybridized carbons (Fsp3) is 0.500. The smallest absolute Gasteiger partial charge is 0.119 e. The van der Waals surface area contributed by atoms with Crippen LogP contribution in [-0.2, 0) is 0 Å². The average Bonchev–Trinajstić information content (AvgIpc) is 3.06. The van der Waals surface area contributed by atoms with Crippen molar-refractivity contribution >= 4 is 5.69 Å². The molecule has 3 heteroatoms. The van der Waals surface area contributed by atoms with Crippen molar-refractivity contribution in [3.05, 3.63) is 24.3 Å². The maximum atomic E-state index is 5.59. The second-order valence-corrected chi connectivity index (χ2v) is 4.10. The van der Waals surface area contributed by atoms with Gasteiger partial charge in [0.25, 0.3) is 0 Å². The molecule has 15 heavy (non-hydrogen) atoms. The normalized spacial score (nSPS) is 23.6. The summed E-state index contributed by atoms with van der Waals surface area (Å²) in [5.74, 6) is 2.42. The quantitative estimate of drug-likeness (QED) is 0.771. The predicted molar refractivity (Wildman–Crippen MR) is 62.1 cm³/mol. The summed E-state index contributed by atoms with van der Waals surface area (Å²) in [5, 5.41) is 3.41. The molecule has 1 saturated carbocycles. The van der Waals surface area contributed by atoms with E-state index in [-0.39, 0.29) is 0 Å². The summed E-state index contributed by atoms with van der Waals surface area (Å²) in [4.78, 5) is 0. The Hall–Kier alpha value is -1.22. The molecule has 0 aliphatic heterocycles. The Kier molecular flexibility index (Phi) is 3.11. The minimum Gasteiger partial charge on any atom is -0.497 e. The third-order valence-electron chi connectivity index (χ3n) is 3.03. The monoisotopic (exact) mass is 206 g/mol. The van der Waals surface area contributed by atoms with Gasteiger partial charge in [-0.2, -0.15) is 0 Å². The fourth-order valence-electron chi connectivity index (χ4n) is 1.81. The summed E-state index contributed by atoms with van der Waals surface area (Å²) in [6.07, 6.45) is 1.28. The van der Waals surface area contributed by atoms with Crippen LogP contribution in [0, 0.1) is 11.8 Å². The number of benzene rings is 1. The van der Waals surface area contributed by atoms with Crippen molar-refractivity contribution in [3.8, 4) is 5.75 Å². The standard InChI is InChI=1S/C12H18N2O/c1-15-12-4-2-11(3-5-12)14-8-10-6-9(10)7-13/h2-5,9-10,14H,6-8,13H2,1H3. The highest BCUT2D eigenvalue weighted by atomic mass is 16.5. The Balaban J connectivity index is 1.79. The van der Waals surface area contributed by atoms with E-state index in [1.54, 1.807) is 7.11 Å². The van der Waals surface area contributed by atoms with Crippen molar-refractivity contribution in [2.45, 2.75) is 6.42 Å². The molecule has 0 amide bonds. The summed E-state index contributed by atoms with van der Waals surface area (Å²) in [7, 11) is 1.68. The van der Waals surface area contributed by atoms with Crippen LogP contribution in [-0.4, -0.2) is 20.2 Å². The van der Waals surface area contributed by atoms with Crippen LogP contribution in [0.25, 0.3) is 0 Å². The first-order valence-corrected chi connectivity index (χ1v) is 5.41. The van der Waals surface area contributed by atoms with Crippen molar-refractivity contribution in [1.29, 1.82) is 0 Å². The van der Waals surface area contributed by atoms with Gasteiger partial charge in [-0.1, -0.05) is 0 Å². The number of hydrogen-bond donors (Lipinski definition) is 2. The number of nitrogens with one attached hydrogen (secondary N) is 1. The molecule has 1 fully saturated rings. The summed E-state index contributed by atoms with van der Waals surface area (Å²) in [6, 6.07) is 8.02. The molecule has 1 aliphatic carbocycles. The number of anilines is 1. The van der Waals surface area contributed by atoms with Crippen molar-refractivity contribution in [3.63, 3.8) is 0 Å². The van der Waals surface area contributed by atoms with Gasteiger partial charge in [-0.05, 0) is 49.1 Å². The molecule has 0 aromatic heterocycles. The topological polar surface area (TPSA) is 47.3 Å². The zero-order valence-electron chi connectivity index (χ0n) is 9.07. The van der Waals surface area contributed by atoms with E-state index < -0.39 is 0 Å². The highest BCUT2D eigenvalue weighted by Crippen LogP contribution is 2.37. The molecule has 0 spiro atoms. The van der Waals surface area contributed by atoms with E-state index in [0.717, 1.165) is 36.4 Å². The van der Waals surface area contributed by atoms with Crippen molar-refractivity contribution in [1.82, 2.24) is 0 Å². The molecule has 2 atom stereocenters. The Labute approximate surface area is 90.6 Å². The lowest BCUT2D eigenvalue weighted by molar-refractivity contribution is 0.415. The number of methoxy groups -OCH3 is 1. The first-order valence-electron chi connectivity index (χ1n) is 5.41. The van der Waals surface area contributed by atoms with E-state index in [1.807, 2.05) is 24.3 Å². The van der Waals surface area contributed by atoms with Gasteiger partial charge in [0, 0.05) is 12.2 Å². The third-order valence-corrected chi connectivity index (χ3v) is 3.03. The third kappa shape index (κ3) is 2.63. The van der Waals surface area contributed by atoms with Crippen LogP contribution >= 0.6 is 0 Å². The molecule has 3 N–H and O–H groups in total. The van der Waals surface area contributed by atoms with E-state index in [2.05, 4.69) is 5.32 Å². The van der Waals surface area contributed by atoms with Crippen LogP contribution in [0.5, 0.6) is 5.75 Å². The molecule has 0 radical (unpaired) electrons. The average molecular weight is 206 g/mol. The molecular weight excluding hydrogens is 188 g/mol. The van der Waals surface area contributed by atoms with Crippen LogP contribution in [0.4, 0.5) is 5.69 Å². The number of hydrogen-bond acceptors (Lipinski definition) is 3. The molecule has 1 aromatic rings. The maximum absolute atomic E-state index is 5.59. The van der Waals surface area contributed by atoms with Crippen molar-refractivity contribution in [2.24, 2.45) is 17.6 Å². The van der Waals surface area contributed by atoms with Gasteiger partial charge in [0.2, 0.25) is 0 Å². The Bertz CT molecular complexity index is 310. The molecule has 2 rings (SSSR count). The summed E-state index contributed by atoms with van der Waals surface area (Å²) >= 11 is 0. The molecule has 2 unspecified atom stereocenters. The van der Waals surface area contributed by atoms with Crippen LogP contribution in [0.3, 0.4) is 0 Å². The van der Waals surface area contributed by atoms with Crippen LogP contribution in [0.15, 0.2) is 24.3 Å². The van der Waals surface area contributed by atoms with E-state index >= 15 is 0 Å². The van der Waals surface area contributed by atoms with Crippen LogP contribution in [0.1, 0.15) is 6.42 Å². The van der Waals surface area contributed by atoms with Gasteiger partial charge in [-0.15, -0.1) is 0 Å². The minimum atomic E-state index is 0.746. The van der Waals surface area contributed by atoms with E-state index in [1.165, 1.54) is 6.42 Å². The molecule has 0 bridgehead atoms. The Morgan fingerprint density at radius 3 is 2.60 bits per heavy atom. The predicted octanol–water partition coefficient (Wildman–Crippen LogP) is 1.70. The lowest BCUT2D eigenvalue weighted by Gasteiger charge is -2.06. The van der Waals surface area contributed by atoms with Gasteiger partial charge >= 0.3 is 0 Å². The van der Waals surface area contributed by atoms with Crippen molar-refractivity contribution in [2.75, 3.05) is 25.5 Å². The van der Waals surface area contributed by atoms with E-state index in [9.17, 15) is 0 Å². The molecular formula is C12H18N2O. The van der Waals surface area contributed by atoms with Crippen molar-refractivity contribution < 1.29 is 4.74 Å². The lowest BCUT2D eigenvalue weighted by Crippen LogP contribution is -2.09. The van der Waals surface area contributed by atoms with Gasteiger partial charge < -0.3 is 15.8 Å². The largest absolute Gasteiger partial charge is 0.497 e. The fourth-order valence-corrected chi connectivity index (χ4v) is 1.81. The molecule has 1 aliphatic rings. The molecule has 82 valence electrons. The van der Waals surface area contributed by atoms with Crippen LogP contribution in [0.2, 0.25) is 0 Å². The van der Waals surface area contributed by atoms with Gasteiger partial charge in [0.1, 0.15) is 5.75 Å². The van der Waals surface area contributed by atoms with Gasteiger partial charge in [-0.25, -0.2) is 0 Å². The first kappa shape index (κ1) is 10.3. The summed E-state index contributed by atoms with van der Waals surface area (Å²) in [6.45, 7) is 1.86. The summed E-state index contributed by atoms with van der Waals surface area (Å²) < 4.78 is 5.10. The Morgan fingerprint density at radius 2 is 2.07 bits per heavy atom. The molecule has 1 aromatic carbocycles. The van der Waals surface area contributed by atoms with E-state index in [0.29, 0.717) is 0 Å². The number of nitrogens with two attached hydrogens (primary N) is 1. The lowest BCUT2D eigenvalue weighted by atomic mass is 10.2. The highest BCUT2D eigenvalue weighted by Gasteiger charge is 2.34. The van der Waals surface area contributed by atoms with E-state index in [4.69, 9.17) is 10.5 Å². The molecule has 0 heterocycles. The second-order valence-electron chi connectivity index (χ2n) is 4.10. The number of rotatable bonds is 5. The second kappa shape index (κ2) is 4.53. The zero-order chi connectivity index (χ0) is 10.7.